The molecule has 0 aliphatic carbocycles. The maximum atomic E-state index is 4.47. The Kier molecular flexibility index (Phi) is 2.58. The molecule has 0 saturated carbocycles. The lowest BCUT2D eigenvalue weighted by Crippen LogP contribution is -1.94. The van der Waals surface area contributed by atoms with E-state index >= 15 is 0 Å². The van der Waals surface area contributed by atoms with E-state index in [0.29, 0.717) is 0 Å². The van der Waals surface area contributed by atoms with Crippen molar-refractivity contribution in [2.45, 2.75) is 0 Å². The Morgan fingerprint density at radius 1 is 0.692 bits per heavy atom. The zero-order valence-corrected chi connectivity index (χ0v) is 13.6. The molecule has 0 spiro atoms. The minimum absolute atomic E-state index is 0.756. The van der Waals surface area contributed by atoms with Crippen LogP contribution in [0.3, 0.4) is 0 Å². The van der Waals surface area contributed by atoms with Crippen molar-refractivity contribution >= 4 is 43.5 Å². The van der Waals surface area contributed by atoms with E-state index in [2.05, 4.69) is 50.5 Å². The first-order valence-corrected chi connectivity index (χ1v) is 8.41. The largest absolute Gasteiger partial charge is 0.237 e. The quantitative estimate of drug-likeness (QED) is 0.321. The van der Waals surface area contributed by atoms with Gasteiger partial charge in [0.25, 0.3) is 0 Å². The molecule has 26 heavy (non-hydrogen) atoms. The summed E-state index contributed by atoms with van der Waals surface area (Å²) in [6, 6.07) is 19.4. The van der Waals surface area contributed by atoms with E-state index in [1.54, 1.807) is 0 Å². The van der Waals surface area contributed by atoms with Gasteiger partial charge in [-0.2, -0.15) is 10.2 Å². The van der Waals surface area contributed by atoms with Crippen LogP contribution in [-0.2, 0) is 0 Å². The normalized spacial score (nSPS) is 11.8. The standard InChI is InChI=1S/C22H11N4/c1-2-4-13(5-3-1)14-6-7-18-21-17(12-25-26-18)15-8-10-23-22-20(15)16(19(14)21)9-11-24-22/h2-12H. The number of pyridine rings is 2. The number of nitrogens with zero attached hydrogens (tertiary/aromatic N) is 4. The first-order valence-electron chi connectivity index (χ1n) is 8.41. The minimum atomic E-state index is 0.756. The van der Waals surface area contributed by atoms with Crippen molar-refractivity contribution in [3.8, 4) is 11.1 Å². The molecule has 0 saturated heterocycles. The van der Waals surface area contributed by atoms with Crippen LogP contribution >= 0.6 is 0 Å². The summed E-state index contributed by atoms with van der Waals surface area (Å²) in [5.41, 5.74) is 3.98. The van der Waals surface area contributed by atoms with Gasteiger partial charge in [0.2, 0.25) is 0 Å². The van der Waals surface area contributed by atoms with Crippen molar-refractivity contribution in [2.24, 2.45) is 0 Å². The Balaban J connectivity index is 1.99. The van der Waals surface area contributed by atoms with Gasteiger partial charge in [0, 0.05) is 33.9 Å². The zero-order chi connectivity index (χ0) is 17.1. The second-order valence-electron chi connectivity index (χ2n) is 6.34. The summed E-state index contributed by atoms with van der Waals surface area (Å²) in [6.45, 7) is 0. The topological polar surface area (TPSA) is 51.6 Å². The van der Waals surface area contributed by atoms with Gasteiger partial charge in [-0.1, -0.05) is 30.3 Å². The molecule has 0 atom stereocenters. The average molecular weight is 331 g/mol. The maximum Gasteiger partial charge on any atom is 0.160 e. The van der Waals surface area contributed by atoms with Crippen LogP contribution in [0.2, 0.25) is 0 Å². The molecule has 4 nitrogen and oxygen atoms in total. The van der Waals surface area contributed by atoms with Crippen LogP contribution in [0.4, 0.5) is 0 Å². The molecule has 3 heterocycles. The number of hydrogen-bond donors (Lipinski definition) is 0. The van der Waals surface area contributed by atoms with Gasteiger partial charge in [-0.15, -0.1) is 0 Å². The summed E-state index contributed by atoms with van der Waals surface area (Å²) in [5.74, 6) is 0. The first-order chi connectivity index (χ1) is 12.9. The monoisotopic (exact) mass is 331 g/mol. The van der Waals surface area contributed by atoms with Crippen molar-refractivity contribution < 1.29 is 0 Å². The molecule has 0 aliphatic rings. The third-order valence-electron chi connectivity index (χ3n) is 5.03. The summed E-state index contributed by atoms with van der Waals surface area (Å²) in [5, 5.41) is 15.3. The SMILES string of the molecule is [c]1ccc(-c2ccc3nncc4c5ccnc6nccc(c2c34)c65)cc1. The highest BCUT2D eigenvalue weighted by Gasteiger charge is 2.17. The van der Waals surface area contributed by atoms with Gasteiger partial charge < -0.3 is 0 Å². The van der Waals surface area contributed by atoms with E-state index in [-0.39, 0.29) is 0 Å². The van der Waals surface area contributed by atoms with Crippen molar-refractivity contribution in [1.29, 1.82) is 0 Å². The first kappa shape index (κ1) is 13.6. The predicted octanol–water partition coefficient (Wildman–Crippen LogP) is 4.78. The third kappa shape index (κ3) is 1.68. The Morgan fingerprint density at radius 3 is 2.35 bits per heavy atom. The average Bonchev–Trinajstić information content (AvgIpc) is 2.72. The molecular weight excluding hydrogens is 320 g/mol. The lowest BCUT2D eigenvalue weighted by molar-refractivity contribution is 1.09. The fourth-order valence-electron chi connectivity index (χ4n) is 3.96. The summed E-state index contributed by atoms with van der Waals surface area (Å²) in [6.07, 6.45) is 5.48. The number of rotatable bonds is 1. The van der Waals surface area contributed by atoms with Gasteiger partial charge in [-0.05, 0) is 46.2 Å². The Bertz CT molecular complexity index is 1420. The van der Waals surface area contributed by atoms with Gasteiger partial charge in [0.15, 0.2) is 5.65 Å². The molecule has 4 heteroatoms. The van der Waals surface area contributed by atoms with Gasteiger partial charge in [-0.25, -0.2) is 9.97 Å². The summed E-state index contributed by atoms with van der Waals surface area (Å²) >= 11 is 0. The molecule has 0 bridgehead atoms. The zero-order valence-electron chi connectivity index (χ0n) is 13.6. The van der Waals surface area contributed by atoms with E-state index in [0.717, 1.165) is 43.7 Å². The highest BCUT2D eigenvalue weighted by Crippen LogP contribution is 2.42. The number of hydrogen-bond acceptors (Lipinski definition) is 4. The van der Waals surface area contributed by atoms with Crippen LogP contribution in [-0.4, -0.2) is 20.2 Å². The summed E-state index contributed by atoms with van der Waals surface area (Å²) < 4.78 is 0. The Hall–Kier alpha value is -3.66. The summed E-state index contributed by atoms with van der Waals surface area (Å²) in [7, 11) is 0. The van der Waals surface area contributed by atoms with Crippen LogP contribution in [0.25, 0.3) is 54.6 Å². The van der Waals surface area contributed by atoms with Crippen molar-refractivity contribution in [2.75, 3.05) is 0 Å². The number of aromatic nitrogens is 4. The molecule has 0 unspecified atom stereocenters. The highest BCUT2D eigenvalue weighted by atomic mass is 15.1. The molecule has 3 aromatic heterocycles. The van der Waals surface area contributed by atoms with Crippen molar-refractivity contribution in [1.82, 2.24) is 20.2 Å². The van der Waals surface area contributed by atoms with E-state index < -0.39 is 0 Å². The molecule has 0 aliphatic heterocycles. The number of fused-ring (bicyclic) bond motifs is 2. The minimum Gasteiger partial charge on any atom is -0.237 e. The second-order valence-corrected chi connectivity index (χ2v) is 6.34. The van der Waals surface area contributed by atoms with Gasteiger partial charge >= 0.3 is 0 Å². The maximum absolute atomic E-state index is 4.47. The van der Waals surface area contributed by atoms with Crippen LogP contribution in [0.1, 0.15) is 0 Å². The van der Waals surface area contributed by atoms with Crippen LogP contribution in [0, 0.1) is 6.07 Å². The fraction of sp³-hybridized carbons (Fsp3) is 0. The molecule has 0 N–H and O–H groups in total. The molecule has 119 valence electrons. The molecule has 1 radical (unpaired) electrons. The van der Waals surface area contributed by atoms with Gasteiger partial charge in [-0.3, -0.25) is 0 Å². The lowest BCUT2D eigenvalue weighted by atomic mass is 9.90. The van der Waals surface area contributed by atoms with Crippen LogP contribution < -0.4 is 0 Å². The van der Waals surface area contributed by atoms with Crippen LogP contribution in [0.15, 0.2) is 67.1 Å². The molecule has 6 aromatic rings. The molecule has 0 amide bonds. The van der Waals surface area contributed by atoms with E-state index in [9.17, 15) is 0 Å². The molecule has 3 aromatic carbocycles. The number of benzene rings is 3. The summed E-state index contributed by atoms with van der Waals surface area (Å²) in [4.78, 5) is 8.94. The van der Waals surface area contributed by atoms with E-state index in [1.807, 2.05) is 42.9 Å². The molecule has 0 fully saturated rings. The van der Waals surface area contributed by atoms with E-state index in [4.69, 9.17) is 0 Å². The Morgan fingerprint density at radius 2 is 1.50 bits per heavy atom. The molecule has 6 rings (SSSR count). The van der Waals surface area contributed by atoms with Gasteiger partial charge in [0.1, 0.15) is 0 Å². The fourth-order valence-corrected chi connectivity index (χ4v) is 3.96. The molecular formula is C22H11N4. The van der Waals surface area contributed by atoms with Gasteiger partial charge in [0.05, 0.1) is 11.7 Å². The highest BCUT2D eigenvalue weighted by molar-refractivity contribution is 6.33. The smallest absolute Gasteiger partial charge is 0.160 e. The lowest BCUT2D eigenvalue weighted by Gasteiger charge is -2.15. The van der Waals surface area contributed by atoms with Crippen molar-refractivity contribution in [3.63, 3.8) is 0 Å². The van der Waals surface area contributed by atoms with Crippen LogP contribution in [0.5, 0.6) is 0 Å². The Labute approximate surface area is 148 Å². The van der Waals surface area contributed by atoms with E-state index in [1.165, 1.54) is 10.9 Å². The van der Waals surface area contributed by atoms with Crippen molar-refractivity contribution in [3.05, 3.63) is 73.2 Å². The second kappa shape index (κ2) is 4.92. The third-order valence-corrected chi connectivity index (χ3v) is 5.03. The predicted molar refractivity (Wildman–Crippen MR) is 103 cm³/mol.